The van der Waals surface area contributed by atoms with E-state index < -0.39 is 42.6 Å². The van der Waals surface area contributed by atoms with Gasteiger partial charge in [-0.3, -0.25) is 14.7 Å². The van der Waals surface area contributed by atoms with Crippen molar-refractivity contribution in [2.75, 3.05) is 31.1 Å². The van der Waals surface area contributed by atoms with Crippen molar-refractivity contribution in [2.45, 2.75) is 30.7 Å². The summed E-state index contributed by atoms with van der Waals surface area (Å²) >= 11 is 0. The van der Waals surface area contributed by atoms with Gasteiger partial charge >= 0.3 is 6.18 Å². The minimum atomic E-state index is -4.58. The monoisotopic (exact) mass is 506 g/mol. The number of pyridine rings is 1. The molecule has 0 radical (unpaired) electrons. The number of nitrogens with zero attached hydrogens (tertiary/aromatic N) is 4. The molecule has 13 heteroatoms. The number of hydrogen-bond acceptors (Lipinski definition) is 6. The molecule has 1 unspecified atom stereocenters. The number of aromatic amines is 1. The SMILES string of the molecule is O=C(CN1c2cccc(F)c2C2(CCN(C(=O)c3cnc4[nH]ncc4c3)CC2)C1O)NCC(F)(F)F. The van der Waals surface area contributed by atoms with Crippen molar-refractivity contribution < 1.29 is 32.3 Å². The number of aliphatic hydroxyl groups is 1. The topological polar surface area (TPSA) is 114 Å². The lowest BCUT2D eigenvalue weighted by molar-refractivity contribution is -0.137. The number of fused-ring (bicyclic) bond motifs is 3. The first-order chi connectivity index (χ1) is 17.1. The minimum absolute atomic E-state index is 0.190. The first-order valence-electron chi connectivity index (χ1n) is 11.2. The molecule has 0 saturated carbocycles. The largest absolute Gasteiger partial charge is 0.405 e. The van der Waals surface area contributed by atoms with Crippen LogP contribution in [0, 0.1) is 5.82 Å². The normalized spacial score (nSPS) is 19.1. The van der Waals surface area contributed by atoms with E-state index in [1.165, 1.54) is 29.3 Å². The molecule has 1 aromatic carbocycles. The first-order valence-corrected chi connectivity index (χ1v) is 11.2. The van der Waals surface area contributed by atoms with Crippen LogP contribution in [0.4, 0.5) is 23.2 Å². The summed E-state index contributed by atoms with van der Waals surface area (Å²) < 4.78 is 52.6. The van der Waals surface area contributed by atoms with Crippen molar-refractivity contribution in [3.8, 4) is 0 Å². The Hall–Kier alpha value is -3.74. The maximum Gasteiger partial charge on any atom is 0.405 e. The zero-order valence-corrected chi connectivity index (χ0v) is 18.8. The Kier molecular flexibility index (Phi) is 5.81. The molecule has 1 atom stereocenters. The van der Waals surface area contributed by atoms with E-state index in [0.717, 1.165) is 0 Å². The van der Waals surface area contributed by atoms with Crippen LogP contribution in [0.25, 0.3) is 11.0 Å². The Morgan fingerprint density at radius 3 is 2.69 bits per heavy atom. The van der Waals surface area contributed by atoms with Crippen LogP contribution < -0.4 is 10.2 Å². The molecule has 2 amide bonds. The number of rotatable bonds is 4. The maximum atomic E-state index is 15.1. The summed E-state index contributed by atoms with van der Waals surface area (Å²) in [6.07, 6.45) is -2.57. The second kappa shape index (κ2) is 8.73. The Bertz CT molecular complexity index is 1320. The van der Waals surface area contributed by atoms with Gasteiger partial charge in [0.15, 0.2) is 5.65 Å². The molecule has 1 saturated heterocycles. The lowest BCUT2D eigenvalue weighted by atomic mass is 9.72. The Labute approximate surface area is 202 Å². The number of halogens is 4. The molecular formula is C23H22F4N6O3. The fourth-order valence-electron chi connectivity index (χ4n) is 5.14. The van der Waals surface area contributed by atoms with Crippen molar-refractivity contribution in [3.63, 3.8) is 0 Å². The van der Waals surface area contributed by atoms with Gasteiger partial charge in [-0.1, -0.05) is 6.07 Å². The van der Waals surface area contributed by atoms with Gasteiger partial charge in [-0.2, -0.15) is 18.3 Å². The molecule has 1 spiro atoms. The maximum absolute atomic E-state index is 15.1. The molecular weight excluding hydrogens is 484 g/mol. The van der Waals surface area contributed by atoms with E-state index in [1.54, 1.807) is 22.5 Å². The first kappa shape index (κ1) is 24.0. The van der Waals surface area contributed by atoms with Gasteiger partial charge in [-0.25, -0.2) is 9.37 Å². The lowest BCUT2D eigenvalue weighted by Gasteiger charge is -2.42. The summed E-state index contributed by atoms with van der Waals surface area (Å²) in [5, 5.41) is 20.3. The number of nitrogens with one attached hydrogen (secondary N) is 2. The van der Waals surface area contributed by atoms with Gasteiger partial charge in [0.1, 0.15) is 18.6 Å². The highest BCUT2D eigenvalue weighted by Crippen LogP contribution is 2.51. The number of anilines is 1. The number of aliphatic hydroxyl groups excluding tert-OH is 1. The zero-order chi connectivity index (χ0) is 25.7. The van der Waals surface area contributed by atoms with E-state index in [-0.39, 0.29) is 43.1 Å². The van der Waals surface area contributed by atoms with Gasteiger partial charge < -0.3 is 20.2 Å². The van der Waals surface area contributed by atoms with Crippen LogP contribution >= 0.6 is 0 Å². The van der Waals surface area contributed by atoms with Crippen molar-refractivity contribution in [1.29, 1.82) is 0 Å². The van der Waals surface area contributed by atoms with E-state index in [4.69, 9.17) is 0 Å². The predicted molar refractivity (Wildman–Crippen MR) is 120 cm³/mol. The number of benzene rings is 1. The highest BCUT2D eigenvalue weighted by molar-refractivity contribution is 5.96. The van der Waals surface area contributed by atoms with Gasteiger partial charge in [-0.15, -0.1) is 0 Å². The molecule has 9 nitrogen and oxygen atoms in total. The number of carbonyl (C=O) groups is 2. The predicted octanol–water partition coefficient (Wildman–Crippen LogP) is 2.09. The molecule has 2 aliphatic rings. The van der Waals surface area contributed by atoms with E-state index in [2.05, 4.69) is 15.2 Å². The van der Waals surface area contributed by atoms with Crippen LogP contribution in [0.1, 0.15) is 28.8 Å². The molecule has 5 rings (SSSR count). The lowest BCUT2D eigenvalue weighted by Crippen LogP contribution is -2.54. The average Bonchev–Trinajstić information content (AvgIpc) is 3.40. The van der Waals surface area contributed by atoms with Gasteiger partial charge in [0.05, 0.1) is 18.3 Å². The molecule has 3 aromatic rings. The number of alkyl halides is 3. The van der Waals surface area contributed by atoms with Crippen LogP contribution in [-0.2, 0) is 10.2 Å². The number of H-pyrrole nitrogens is 1. The zero-order valence-electron chi connectivity index (χ0n) is 18.8. The summed E-state index contributed by atoms with van der Waals surface area (Å²) in [6.45, 7) is -1.69. The van der Waals surface area contributed by atoms with E-state index >= 15 is 4.39 Å². The van der Waals surface area contributed by atoms with Crippen LogP contribution in [0.15, 0.2) is 36.7 Å². The number of piperidine rings is 1. The van der Waals surface area contributed by atoms with Crippen molar-refractivity contribution in [2.24, 2.45) is 0 Å². The molecule has 2 aliphatic heterocycles. The minimum Gasteiger partial charge on any atom is -0.373 e. The quantitative estimate of drug-likeness (QED) is 0.467. The van der Waals surface area contributed by atoms with Gasteiger partial charge in [-0.05, 0) is 31.0 Å². The molecule has 190 valence electrons. The molecule has 1 fully saturated rings. The van der Waals surface area contributed by atoms with E-state index in [9.17, 15) is 27.9 Å². The smallest absolute Gasteiger partial charge is 0.373 e. The van der Waals surface area contributed by atoms with E-state index in [0.29, 0.717) is 16.6 Å². The van der Waals surface area contributed by atoms with E-state index in [1.807, 2.05) is 0 Å². The Morgan fingerprint density at radius 1 is 1.22 bits per heavy atom. The third kappa shape index (κ3) is 4.12. The number of likely N-dealkylation sites (tertiary alicyclic amines) is 1. The summed E-state index contributed by atoms with van der Waals surface area (Å²) in [4.78, 5) is 32.3. The molecule has 0 aliphatic carbocycles. The second-order valence-electron chi connectivity index (χ2n) is 9.01. The van der Waals surface area contributed by atoms with Crippen LogP contribution in [0.2, 0.25) is 0 Å². The third-order valence-corrected chi connectivity index (χ3v) is 6.87. The number of aromatic nitrogens is 3. The van der Waals surface area contributed by atoms with Crippen LogP contribution in [0.5, 0.6) is 0 Å². The summed E-state index contributed by atoms with van der Waals surface area (Å²) in [6, 6.07) is 5.85. The summed E-state index contributed by atoms with van der Waals surface area (Å²) in [5.74, 6) is -1.81. The molecule has 2 aromatic heterocycles. The van der Waals surface area contributed by atoms with Gasteiger partial charge in [0.25, 0.3) is 5.91 Å². The van der Waals surface area contributed by atoms with Crippen molar-refractivity contribution in [3.05, 3.63) is 53.6 Å². The fraction of sp³-hybridized carbons (Fsp3) is 0.391. The summed E-state index contributed by atoms with van der Waals surface area (Å²) in [7, 11) is 0. The average molecular weight is 506 g/mol. The fourth-order valence-corrected chi connectivity index (χ4v) is 5.14. The molecule has 0 bridgehead atoms. The Morgan fingerprint density at radius 2 is 1.97 bits per heavy atom. The standard InChI is InChI=1S/C23H22F4N6O3/c24-15-2-1-3-16-18(15)22(21(36)33(16)11-17(34)29-12-23(25,26)27)4-6-32(7-5-22)20(35)14-8-13-10-30-31-19(13)28-9-14/h1-3,8-10,21,36H,4-7,11-12H2,(H,29,34)(H,28,30,31). The molecule has 3 N–H and O–H groups in total. The van der Waals surface area contributed by atoms with Crippen molar-refractivity contribution in [1.82, 2.24) is 25.4 Å². The summed E-state index contributed by atoms with van der Waals surface area (Å²) in [5.41, 5.74) is 0.230. The van der Waals surface area contributed by atoms with Gasteiger partial charge in [0, 0.05) is 41.3 Å². The number of amides is 2. The Balaban J connectivity index is 1.35. The van der Waals surface area contributed by atoms with Crippen LogP contribution in [0.3, 0.4) is 0 Å². The molecule has 4 heterocycles. The van der Waals surface area contributed by atoms with Crippen LogP contribution in [-0.4, -0.2) is 75.6 Å². The highest BCUT2D eigenvalue weighted by atomic mass is 19.4. The number of carbonyl (C=O) groups excluding carboxylic acids is 2. The molecule has 36 heavy (non-hydrogen) atoms. The highest BCUT2D eigenvalue weighted by Gasteiger charge is 2.54. The van der Waals surface area contributed by atoms with Crippen molar-refractivity contribution >= 4 is 28.5 Å². The number of hydrogen-bond donors (Lipinski definition) is 3. The second-order valence-corrected chi connectivity index (χ2v) is 9.01. The third-order valence-electron chi connectivity index (χ3n) is 6.87. The van der Waals surface area contributed by atoms with Gasteiger partial charge in [0.2, 0.25) is 5.91 Å².